The molecule has 1 aliphatic rings. The molecule has 1 aliphatic carbocycles. The van der Waals surface area contributed by atoms with Gasteiger partial charge in [-0.3, -0.25) is 0 Å². The standard InChI is InChI=1S/C14H20N2O/c1-5-9(3)16-14-10(4)13-8(2)6-11(15)7-12(13)17-14/h7-8H,5-6,15H2,1-4H3/b16-9-. The smallest absolute Gasteiger partial charge is 0.222 e. The number of nitrogens with zero attached hydrogens (tertiary/aromatic N) is 1. The monoisotopic (exact) mass is 232 g/mol. The van der Waals surface area contributed by atoms with E-state index in [9.17, 15) is 0 Å². The Kier molecular flexibility index (Phi) is 3.09. The second-order valence-electron chi connectivity index (χ2n) is 4.84. The van der Waals surface area contributed by atoms with Gasteiger partial charge in [0.25, 0.3) is 0 Å². The highest BCUT2D eigenvalue weighted by Gasteiger charge is 2.24. The van der Waals surface area contributed by atoms with E-state index >= 15 is 0 Å². The van der Waals surface area contributed by atoms with E-state index in [1.807, 2.05) is 13.0 Å². The Balaban J connectivity index is 2.50. The zero-order chi connectivity index (χ0) is 12.6. The van der Waals surface area contributed by atoms with Gasteiger partial charge < -0.3 is 10.2 Å². The van der Waals surface area contributed by atoms with Crippen LogP contribution in [0.15, 0.2) is 15.1 Å². The van der Waals surface area contributed by atoms with Crippen molar-refractivity contribution in [3.8, 4) is 0 Å². The highest BCUT2D eigenvalue weighted by Crippen LogP contribution is 2.40. The minimum atomic E-state index is 0.421. The normalized spacial score (nSPS) is 20.1. The van der Waals surface area contributed by atoms with Crippen molar-refractivity contribution < 1.29 is 4.42 Å². The van der Waals surface area contributed by atoms with Crippen LogP contribution >= 0.6 is 0 Å². The maximum Gasteiger partial charge on any atom is 0.222 e. The van der Waals surface area contributed by atoms with E-state index in [1.165, 1.54) is 5.56 Å². The number of rotatable bonds is 2. The van der Waals surface area contributed by atoms with Crippen molar-refractivity contribution in [3.05, 3.63) is 22.6 Å². The second kappa shape index (κ2) is 4.40. The third-order valence-corrected chi connectivity index (χ3v) is 3.35. The first-order chi connectivity index (χ1) is 8.02. The Morgan fingerprint density at radius 2 is 2.29 bits per heavy atom. The number of hydrogen-bond donors (Lipinski definition) is 1. The third kappa shape index (κ3) is 2.14. The van der Waals surface area contributed by atoms with Crippen molar-refractivity contribution in [3.63, 3.8) is 0 Å². The van der Waals surface area contributed by atoms with E-state index in [0.717, 1.165) is 41.5 Å². The second-order valence-corrected chi connectivity index (χ2v) is 4.84. The van der Waals surface area contributed by atoms with Gasteiger partial charge in [-0.2, -0.15) is 0 Å². The lowest BCUT2D eigenvalue weighted by Gasteiger charge is -2.16. The summed E-state index contributed by atoms with van der Waals surface area (Å²) in [5, 5.41) is 0. The van der Waals surface area contributed by atoms with E-state index in [-0.39, 0.29) is 0 Å². The van der Waals surface area contributed by atoms with Gasteiger partial charge in [0.1, 0.15) is 5.76 Å². The molecule has 1 unspecified atom stereocenters. The first-order valence-electron chi connectivity index (χ1n) is 6.16. The molecule has 17 heavy (non-hydrogen) atoms. The van der Waals surface area contributed by atoms with Crippen LogP contribution in [0.5, 0.6) is 0 Å². The SMILES string of the molecule is CC/C(C)=N\c1oc2c(c1C)C(C)CC(N)=C2. The lowest BCUT2D eigenvalue weighted by atomic mass is 9.89. The molecule has 3 nitrogen and oxygen atoms in total. The quantitative estimate of drug-likeness (QED) is 0.786. The largest absolute Gasteiger partial charge is 0.438 e. The highest BCUT2D eigenvalue weighted by molar-refractivity contribution is 5.84. The van der Waals surface area contributed by atoms with Crippen molar-refractivity contribution in [1.82, 2.24) is 0 Å². The zero-order valence-electron chi connectivity index (χ0n) is 11.0. The molecule has 1 atom stereocenters. The van der Waals surface area contributed by atoms with Crippen LogP contribution < -0.4 is 5.73 Å². The minimum Gasteiger partial charge on any atom is -0.438 e. The molecule has 0 aliphatic heterocycles. The molecular weight excluding hydrogens is 212 g/mol. The predicted molar refractivity (Wildman–Crippen MR) is 71.7 cm³/mol. The van der Waals surface area contributed by atoms with Crippen LogP contribution in [0, 0.1) is 6.92 Å². The Labute approximate surface area is 102 Å². The molecule has 2 rings (SSSR count). The van der Waals surface area contributed by atoms with Gasteiger partial charge in [-0.15, -0.1) is 0 Å². The molecule has 1 heterocycles. The summed E-state index contributed by atoms with van der Waals surface area (Å²) in [4.78, 5) is 4.52. The van der Waals surface area contributed by atoms with Crippen molar-refractivity contribution in [1.29, 1.82) is 0 Å². The summed E-state index contributed by atoms with van der Waals surface area (Å²) in [7, 11) is 0. The number of nitrogens with two attached hydrogens (primary N) is 1. The third-order valence-electron chi connectivity index (χ3n) is 3.35. The van der Waals surface area contributed by atoms with Gasteiger partial charge in [-0.05, 0) is 38.7 Å². The highest BCUT2D eigenvalue weighted by atomic mass is 16.4. The molecule has 0 saturated carbocycles. The number of furan rings is 1. The van der Waals surface area contributed by atoms with Crippen molar-refractivity contribution in [2.45, 2.75) is 46.5 Å². The minimum absolute atomic E-state index is 0.421. The van der Waals surface area contributed by atoms with Crippen LogP contribution in [-0.2, 0) is 0 Å². The van der Waals surface area contributed by atoms with Gasteiger partial charge in [0.15, 0.2) is 0 Å². The molecule has 1 aromatic rings. The van der Waals surface area contributed by atoms with Crippen LogP contribution in [-0.4, -0.2) is 5.71 Å². The Morgan fingerprint density at radius 1 is 1.59 bits per heavy atom. The Bertz CT molecular complexity index is 495. The lowest BCUT2D eigenvalue weighted by Crippen LogP contribution is -2.08. The first-order valence-corrected chi connectivity index (χ1v) is 6.16. The Hall–Kier alpha value is -1.51. The van der Waals surface area contributed by atoms with Gasteiger partial charge >= 0.3 is 0 Å². The summed E-state index contributed by atoms with van der Waals surface area (Å²) < 4.78 is 5.81. The summed E-state index contributed by atoms with van der Waals surface area (Å²) in [6, 6.07) is 0. The maximum absolute atomic E-state index is 5.89. The lowest BCUT2D eigenvalue weighted by molar-refractivity contribution is 0.552. The van der Waals surface area contributed by atoms with Gasteiger partial charge in [-0.1, -0.05) is 13.8 Å². The molecule has 0 fully saturated rings. The molecule has 0 radical (unpaired) electrons. The van der Waals surface area contributed by atoms with Gasteiger partial charge in [0.2, 0.25) is 5.88 Å². The first kappa shape index (κ1) is 12.0. The predicted octanol–water partition coefficient (Wildman–Crippen LogP) is 3.90. The fourth-order valence-corrected chi connectivity index (χ4v) is 2.30. The molecule has 0 spiro atoms. The van der Waals surface area contributed by atoms with Gasteiger partial charge in [-0.25, -0.2) is 4.99 Å². The van der Waals surface area contributed by atoms with Crippen molar-refractivity contribution >= 4 is 17.7 Å². The number of hydrogen-bond acceptors (Lipinski definition) is 3. The summed E-state index contributed by atoms with van der Waals surface area (Å²) >= 11 is 0. The summed E-state index contributed by atoms with van der Waals surface area (Å²) in [6.07, 6.45) is 3.78. The molecular formula is C14H20N2O. The molecule has 0 saturated heterocycles. The van der Waals surface area contributed by atoms with Crippen LogP contribution in [0.1, 0.15) is 56.4 Å². The maximum atomic E-state index is 5.89. The number of allylic oxidation sites excluding steroid dienone is 1. The average molecular weight is 232 g/mol. The summed E-state index contributed by atoms with van der Waals surface area (Å²) in [6.45, 7) is 8.38. The van der Waals surface area contributed by atoms with E-state index < -0.39 is 0 Å². The zero-order valence-corrected chi connectivity index (χ0v) is 11.0. The van der Waals surface area contributed by atoms with Crippen LogP contribution in [0.4, 0.5) is 5.88 Å². The molecule has 1 aromatic heterocycles. The number of fused-ring (bicyclic) bond motifs is 1. The fraction of sp³-hybridized carbons (Fsp3) is 0.500. The fourth-order valence-electron chi connectivity index (χ4n) is 2.30. The number of aliphatic imine (C=N–C) groups is 1. The van der Waals surface area contributed by atoms with E-state index in [0.29, 0.717) is 5.92 Å². The van der Waals surface area contributed by atoms with Crippen LogP contribution in [0.2, 0.25) is 0 Å². The molecule has 3 heteroatoms. The topological polar surface area (TPSA) is 51.5 Å². The van der Waals surface area contributed by atoms with Crippen molar-refractivity contribution in [2.75, 3.05) is 0 Å². The molecule has 0 amide bonds. The van der Waals surface area contributed by atoms with Gasteiger partial charge in [0.05, 0.1) is 0 Å². The Morgan fingerprint density at radius 3 is 2.94 bits per heavy atom. The van der Waals surface area contributed by atoms with Crippen LogP contribution in [0.25, 0.3) is 6.08 Å². The van der Waals surface area contributed by atoms with E-state index in [1.54, 1.807) is 0 Å². The molecule has 2 N–H and O–H groups in total. The molecule has 0 aromatic carbocycles. The molecule has 92 valence electrons. The van der Waals surface area contributed by atoms with Crippen LogP contribution in [0.3, 0.4) is 0 Å². The van der Waals surface area contributed by atoms with E-state index in [4.69, 9.17) is 10.2 Å². The van der Waals surface area contributed by atoms with E-state index in [2.05, 4.69) is 25.8 Å². The average Bonchev–Trinajstić information content (AvgIpc) is 2.55. The van der Waals surface area contributed by atoms with Crippen molar-refractivity contribution in [2.24, 2.45) is 10.7 Å². The van der Waals surface area contributed by atoms with Gasteiger partial charge in [0, 0.05) is 22.5 Å². The summed E-state index contributed by atoms with van der Waals surface area (Å²) in [5.41, 5.74) is 10.3. The molecule has 0 bridgehead atoms. The summed E-state index contributed by atoms with van der Waals surface area (Å²) in [5.74, 6) is 2.05.